The van der Waals surface area contributed by atoms with E-state index in [1.165, 1.54) is 0 Å². The zero-order valence-electron chi connectivity index (χ0n) is 7.21. The zero-order valence-corrected chi connectivity index (χ0v) is 7.21. The number of carbonyl (C=O) groups excluding carboxylic acids is 2. The van der Waals surface area contributed by atoms with E-state index in [0.717, 1.165) is 19.4 Å². The normalized spacial score (nSPS) is 31.4. The Bertz CT molecular complexity index is 238. The Morgan fingerprint density at radius 3 is 2.69 bits per heavy atom. The number of amides is 3. The van der Waals surface area contributed by atoms with Crippen LogP contribution in [0.3, 0.4) is 0 Å². The molecule has 0 spiro atoms. The second-order valence-corrected chi connectivity index (χ2v) is 3.40. The average molecular weight is 184 g/mol. The fraction of sp³-hybridized carbons (Fsp3) is 0.750. The van der Waals surface area contributed by atoms with E-state index >= 15 is 0 Å². The van der Waals surface area contributed by atoms with Gasteiger partial charge in [-0.05, 0) is 19.3 Å². The Labute approximate surface area is 75.8 Å². The molecule has 2 heterocycles. The summed E-state index contributed by atoms with van der Waals surface area (Å²) in [5.41, 5.74) is 0. The second kappa shape index (κ2) is 3.33. The van der Waals surface area contributed by atoms with Crippen molar-refractivity contribution in [3.8, 4) is 0 Å². The number of urea groups is 1. The van der Waals surface area contributed by atoms with Crippen LogP contribution in [0.15, 0.2) is 0 Å². The van der Waals surface area contributed by atoms with Crippen LogP contribution in [-0.2, 0) is 9.53 Å². The van der Waals surface area contributed by atoms with Crippen LogP contribution in [0.4, 0.5) is 4.79 Å². The maximum atomic E-state index is 11.1. The first-order valence-electron chi connectivity index (χ1n) is 4.48. The van der Waals surface area contributed by atoms with Gasteiger partial charge in [0.25, 0.3) is 5.91 Å². The third-order valence-electron chi connectivity index (χ3n) is 2.28. The SMILES string of the molecule is O=C1NC(=O)C(CCCC2CO2)N1. The maximum Gasteiger partial charge on any atom is 0.322 e. The molecule has 2 N–H and O–H groups in total. The second-order valence-electron chi connectivity index (χ2n) is 3.40. The van der Waals surface area contributed by atoms with E-state index in [9.17, 15) is 9.59 Å². The van der Waals surface area contributed by atoms with E-state index in [2.05, 4.69) is 10.6 Å². The molecule has 13 heavy (non-hydrogen) atoms. The predicted octanol–water partition coefficient (Wildman–Crippen LogP) is -0.237. The molecule has 0 aromatic carbocycles. The quantitative estimate of drug-likeness (QED) is 0.468. The maximum absolute atomic E-state index is 11.1. The van der Waals surface area contributed by atoms with Crippen molar-refractivity contribution in [1.29, 1.82) is 0 Å². The molecule has 3 amide bonds. The third kappa shape index (κ3) is 2.18. The number of hydrogen-bond acceptors (Lipinski definition) is 3. The molecule has 2 saturated heterocycles. The van der Waals surface area contributed by atoms with Gasteiger partial charge < -0.3 is 10.1 Å². The number of ether oxygens (including phenoxy) is 1. The van der Waals surface area contributed by atoms with Gasteiger partial charge in [0.2, 0.25) is 0 Å². The highest BCUT2D eigenvalue weighted by molar-refractivity contribution is 6.04. The summed E-state index contributed by atoms with van der Waals surface area (Å²) >= 11 is 0. The third-order valence-corrected chi connectivity index (χ3v) is 2.28. The molecule has 0 aliphatic carbocycles. The van der Waals surface area contributed by atoms with E-state index in [1.807, 2.05) is 0 Å². The summed E-state index contributed by atoms with van der Waals surface area (Å²) in [5.74, 6) is -0.207. The standard InChI is InChI=1S/C8H12N2O3/c11-7-6(9-8(12)10-7)3-1-2-5-4-13-5/h5-6H,1-4H2,(H2,9,10,11,12). The van der Waals surface area contributed by atoms with Gasteiger partial charge >= 0.3 is 6.03 Å². The lowest BCUT2D eigenvalue weighted by molar-refractivity contribution is -0.120. The minimum atomic E-state index is -0.377. The molecule has 2 aliphatic rings. The molecule has 0 radical (unpaired) electrons. The molecular formula is C8H12N2O3. The zero-order chi connectivity index (χ0) is 9.26. The topological polar surface area (TPSA) is 70.7 Å². The molecular weight excluding hydrogens is 172 g/mol. The van der Waals surface area contributed by atoms with Gasteiger partial charge in [-0.15, -0.1) is 0 Å². The first-order valence-corrected chi connectivity index (χ1v) is 4.48. The Morgan fingerprint density at radius 2 is 2.15 bits per heavy atom. The van der Waals surface area contributed by atoms with E-state index < -0.39 is 0 Å². The summed E-state index contributed by atoms with van der Waals surface area (Å²) in [5, 5.41) is 4.76. The van der Waals surface area contributed by atoms with Crippen LogP contribution >= 0.6 is 0 Å². The van der Waals surface area contributed by atoms with Crippen LogP contribution in [-0.4, -0.2) is 30.7 Å². The molecule has 5 heteroatoms. The Morgan fingerprint density at radius 1 is 1.38 bits per heavy atom. The lowest BCUT2D eigenvalue weighted by atomic mass is 10.1. The molecule has 0 saturated carbocycles. The van der Waals surface area contributed by atoms with Gasteiger partial charge in [0, 0.05) is 0 Å². The molecule has 2 rings (SSSR count). The number of rotatable bonds is 4. The minimum absolute atomic E-state index is 0.207. The molecule has 2 aliphatic heterocycles. The van der Waals surface area contributed by atoms with Crippen molar-refractivity contribution in [3.05, 3.63) is 0 Å². The van der Waals surface area contributed by atoms with Gasteiger partial charge in [-0.3, -0.25) is 10.1 Å². The smallest absolute Gasteiger partial charge is 0.322 e. The van der Waals surface area contributed by atoms with Crippen LogP contribution in [0.2, 0.25) is 0 Å². The number of nitrogens with one attached hydrogen (secondary N) is 2. The van der Waals surface area contributed by atoms with Gasteiger partial charge in [-0.25, -0.2) is 4.79 Å². The van der Waals surface area contributed by atoms with Crippen molar-refractivity contribution < 1.29 is 14.3 Å². The number of hydrogen-bond donors (Lipinski definition) is 2. The molecule has 0 bridgehead atoms. The first-order chi connectivity index (χ1) is 6.25. The van der Waals surface area contributed by atoms with Crippen LogP contribution < -0.4 is 10.6 Å². The summed E-state index contributed by atoms with van der Waals surface area (Å²) < 4.78 is 5.03. The largest absolute Gasteiger partial charge is 0.373 e. The lowest BCUT2D eigenvalue weighted by Gasteiger charge is -2.04. The van der Waals surface area contributed by atoms with Crippen molar-refractivity contribution >= 4 is 11.9 Å². The van der Waals surface area contributed by atoms with Crippen molar-refractivity contribution in [2.45, 2.75) is 31.4 Å². The van der Waals surface area contributed by atoms with Crippen molar-refractivity contribution in [1.82, 2.24) is 10.6 Å². The highest BCUT2D eigenvalue weighted by Gasteiger charge is 2.29. The summed E-state index contributed by atoms with van der Waals surface area (Å²) in [7, 11) is 0. The lowest BCUT2D eigenvalue weighted by Crippen LogP contribution is -2.28. The van der Waals surface area contributed by atoms with E-state index in [-0.39, 0.29) is 18.0 Å². The molecule has 0 aromatic heterocycles. The van der Waals surface area contributed by atoms with Crippen molar-refractivity contribution in [2.24, 2.45) is 0 Å². The van der Waals surface area contributed by atoms with Gasteiger partial charge in [0.05, 0.1) is 12.7 Å². The van der Waals surface area contributed by atoms with Crippen LogP contribution in [0, 0.1) is 0 Å². The number of epoxide rings is 1. The summed E-state index contributed by atoms with van der Waals surface area (Å²) in [6.45, 7) is 0.850. The van der Waals surface area contributed by atoms with Gasteiger partial charge in [-0.2, -0.15) is 0 Å². The molecule has 5 nitrogen and oxygen atoms in total. The molecule has 2 fully saturated rings. The summed E-state index contributed by atoms with van der Waals surface area (Å²) in [4.78, 5) is 21.8. The van der Waals surface area contributed by atoms with Crippen LogP contribution in [0.25, 0.3) is 0 Å². The van der Waals surface area contributed by atoms with Crippen molar-refractivity contribution in [2.75, 3.05) is 6.61 Å². The summed E-state index contributed by atoms with van der Waals surface area (Å²) in [6, 6.07) is -0.705. The summed E-state index contributed by atoms with van der Waals surface area (Å²) in [6.07, 6.45) is 3.01. The minimum Gasteiger partial charge on any atom is -0.373 e. The molecule has 2 atom stereocenters. The molecule has 0 aromatic rings. The van der Waals surface area contributed by atoms with Gasteiger partial charge in [0.15, 0.2) is 0 Å². The fourth-order valence-corrected chi connectivity index (χ4v) is 1.45. The Balaban J connectivity index is 1.68. The molecule has 72 valence electrons. The molecule has 2 unspecified atom stereocenters. The van der Waals surface area contributed by atoms with Gasteiger partial charge in [-0.1, -0.05) is 0 Å². The fourth-order valence-electron chi connectivity index (χ4n) is 1.45. The van der Waals surface area contributed by atoms with Gasteiger partial charge in [0.1, 0.15) is 6.04 Å². The van der Waals surface area contributed by atoms with E-state index in [0.29, 0.717) is 12.5 Å². The monoisotopic (exact) mass is 184 g/mol. The average Bonchev–Trinajstić information content (AvgIpc) is 2.81. The Hall–Kier alpha value is -1.10. The van der Waals surface area contributed by atoms with Crippen LogP contribution in [0.5, 0.6) is 0 Å². The first kappa shape index (κ1) is 8.50. The number of carbonyl (C=O) groups is 2. The van der Waals surface area contributed by atoms with Crippen LogP contribution in [0.1, 0.15) is 19.3 Å². The number of imide groups is 1. The highest BCUT2D eigenvalue weighted by Crippen LogP contribution is 2.17. The van der Waals surface area contributed by atoms with Crippen molar-refractivity contribution in [3.63, 3.8) is 0 Å². The van der Waals surface area contributed by atoms with E-state index in [4.69, 9.17) is 4.74 Å². The van der Waals surface area contributed by atoms with E-state index in [1.54, 1.807) is 0 Å². The predicted molar refractivity (Wildman–Crippen MR) is 44.1 cm³/mol. The highest BCUT2D eigenvalue weighted by atomic mass is 16.6. The Kier molecular flexibility index (Phi) is 2.18.